The van der Waals surface area contributed by atoms with Gasteiger partial charge in [-0.05, 0) is 33.1 Å². The molecule has 0 bridgehead atoms. The molecule has 6 heteroatoms. The van der Waals surface area contributed by atoms with Crippen LogP contribution in [0.25, 0.3) is 0 Å². The van der Waals surface area contributed by atoms with Crippen LogP contribution in [0.15, 0.2) is 0 Å². The molecular formula is C11H26N2O3S. The molecule has 0 spiro atoms. The topological polar surface area (TPSA) is 72.6 Å². The predicted octanol–water partition coefficient (Wildman–Crippen LogP) is 1.70. The lowest BCUT2D eigenvalue weighted by Crippen LogP contribution is -2.50. The average Bonchev–Trinajstić information content (AvgIpc) is 1.96. The minimum atomic E-state index is -3.76. The van der Waals surface area contributed by atoms with Crippen LogP contribution in [0.2, 0.25) is 0 Å². The molecule has 0 aliphatic heterocycles. The monoisotopic (exact) mass is 266 g/mol. The van der Waals surface area contributed by atoms with Gasteiger partial charge < -0.3 is 4.74 Å². The second-order valence-electron chi connectivity index (χ2n) is 6.37. The number of hydrogen-bond acceptors (Lipinski definition) is 3. The van der Waals surface area contributed by atoms with E-state index in [0.29, 0.717) is 0 Å². The Morgan fingerprint density at radius 3 is 1.82 bits per heavy atom. The Labute approximate surface area is 105 Å². The Morgan fingerprint density at radius 2 is 1.59 bits per heavy atom. The number of nitrogens with zero attached hydrogens (tertiary/aromatic N) is 1. The zero-order chi connectivity index (χ0) is 14.1. The fourth-order valence-electron chi connectivity index (χ4n) is 1.08. The molecule has 0 saturated carbocycles. The first-order valence-electron chi connectivity index (χ1n) is 5.68. The molecule has 5 nitrogen and oxygen atoms in total. The maximum Gasteiger partial charge on any atom is 0.279 e. The summed E-state index contributed by atoms with van der Waals surface area (Å²) in [6, 6.07) is 0. The van der Waals surface area contributed by atoms with Gasteiger partial charge in [0.25, 0.3) is 10.2 Å². The van der Waals surface area contributed by atoms with E-state index in [4.69, 9.17) is 9.88 Å². The lowest BCUT2D eigenvalue weighted by atomic mass is 9.90. The van der Waals surface area contributed by atoms with E-state index in [0.717, 1.165) is 4.31 Å². The van der Waals surface area contributed by atoms with Crippen molar-refractivity contribution in [1.82, 2.24) is 4.31 Å². The van der Waals surface area contributed by atoms with Crippen molar-refractivity contribution in [3.63, 3.8) is 0 Å². The van der Waals surface area contributed by atoms with E-state index in [2.05, 4.69) is 0 Å². The zero-order valence-electron chi connectivity index (χ0n) is 11.9. The van der Waals surface area contributed by atoms with Gasteiger partial charge in [0.2, 0.25) is 0 Å². The fraction of sp³-hybridized carbons (Fsp3) is 1.00. The van der Waals surface area contributed by atoms with E-state index in [1.807, 2.05) is 27.7 Å². The number of rotatable bonds is 4. The van der Waals surface area contributed by atoms with E-state index in [1.54, 1.807) is 20.8 Å². The molecule has 0 aromatic heterocycles. The van der Waals surface area contributed by atoms with E-state index >= 15 is 0 Å². The van der Waals surface area contributed by atoms with Crippen molar-refractivity contribution >= 4 is 10.2 Å². The zero-order valence-corrected chi connectivity index (χ0v) is 12.8. The van der Waals surface area contributed by atoms with Crippen LogP contribution < -0.4 is 5.14 Å². The molecule has 0 heterocycles. The van der Waals surface area contributed by atoms with E-state index in [9.17, 15) is 8.42 Å². The van der Waals surface area contributed by atoms with Gasteiger partial charge in [-0.3, -0.25) is 0 Å². The highest BCUT2D eigenvalue weighted by Crippen LogP contribution is 2.23. The molecular weight excluding hydrogens is 240 g/mol. The van der Waals surface area contributed by atoms with Crippen molar-refractivity contribution < 1.29 is 13.2 Å². The molecule has 0 saturated heterocycles. The van der Waals surface area contributed by atoms with Gasteiger partial charge >= 0.3 is 0 Å². The van der Waals surface area contributed by atoms with Crippen LogP contribution in [-0.2, 0) is 14.9 Å². The van der Waals surface area contributed by atoms with Crippen LogP contribution in [0, 0.1) is 5.41 Å². The van der Waals surface area contributed by atoms with Gasteiger partial charge in [-0.2, -0.15) is 12.7 Å². The van der Waals surface area contributed by atoms with Crippen molar-refractivity contribution in [3.8, 4) is 0 Å². The SMILES string of the molecule is CC(OCN(C(C)(C)C)S(N)(=O)=O)C(C)(C)C. The van der Waals surface area contributed by atoms with Crippen molar-refractivity contribution in [1.29, 1.82) is 0 Å². The van der Waals surface area contributed by atoms with E-state index in [1.165, 1.54) is 0 Å². The summed E-state index contributed by atoms with van der Waals surface area (Å²) in [5.41, 5.74) is -0.632. The normalized spacial score (nSPS) is 16.3. The van der Waals surface area contributed by atoms with Crippen molar-refractivity contribution in [2.45, 2.75) is 60.1 Å². The third kappa shape index (κ3) is 5.81. The summed E-state index contributed by atoms with van der Waals surface area (Å²) in [7, 11) is -3.76. The molecule has 0 rings (SSSR count). The standard InChI is InChI=1S/C11H26N2O3S/c1-9(10(2,3)4)16-8-13(11(5,6)7)17(12,14)15/h9H,8H2,1-7H3,(H2,12,14,15). The van der Waals surface area contributed by atoms with Crippen molar-refractivity contribution in [2.75, 3.05) is 6.73 Å². The highest BCUT2D eigenvalue weighted by Gasteiger charge is 2.32. The van der Waals surface area contributed by atoms with Gasteiger partial charge in [0.05, 0.1) is 6.10 Å². The van der Waals surface area contributed by atoms with Crippen molar-refractivity contribution in [2.24, 2.45) is 10.6 Å². The first kappa shape index (κ1) is 16.8. The molecule has 0 aliphatic rings. The summed E-state index contributed by atoms with van der Waals surface area (Å²) in [6.07, 6.45) is -0.0610. The summed E-state index contributed by atoms with van der Waals surface area (Å²) >= 11 is 0. The minimum Gasteiger partial charge on any atom is -0.361 e. The molecule has 104 valence electrons. The van der Waals surface area contributed by atoms with Gasteiger partial charge in [-0.15, -0.1) is 0 Å². The van der Waals surface area contributed by atoms with Crippen LogP contribution in [0.4, 0.5) is 0 Å². The van der Waals surface area contributed by atoms with Gasteiger partial charge in [0, 0.05) is 5.54 Å². The Balaban J connectivity index is 4.73. The number of ether oxygens (including phenoxy) is 1. The Bertz CT molecular complexity index is 339. The second-order valence-corrected chi connectivity index (χ2v) is 7.84. The number of hydrogen-bond donors (Lipinski definition) is 1. The largest absolute Gasteiger partial charge is 0.361 e. The van der Waals surface area contributed by atoms with Crippen LogP contribution in [0.3, 0.4) is 0 Å². The third-order valence-electron chi connectivity index (χ3n) is 2.72. The first-order chi connectivity index (χ1) is 7.26. The maximum absolute atomic E-state index is 11.5. The molecule has 17 heavy (non-hydrogen) atoms. The molecule has 0 aromatic rings. The Kier molecular flexibility index (Phi) is 5.17. The molecule has 2 N–H and O–H groups in total. The summed E-state index contributed by atoms with van der Waals surface area (Å²) in [4.78, 5) is 0. The highest BCUT2D eigenvalue weighted by atomic mass is 32.2. The molecule has 0 fully saturated rings. The van der Waals surface area contributed by atoms with Crippen LogP contribution in [-0.4, -0.2) is 31.1 Å². The number of nitrogens with two attached hydrogens (primary N) is 1. The average molecular weight is 266 g/mol. The molecule has 0 radical (unpaired) electrons. The maximum atomic E-state index is 11.5. The molecule has 0 amide bonds. The molecule has 0 aromatic carbocycles. The van der Waals surface area contributed by atoms with Gasteiger partial charge in [-0.25, -0.2) is 5.14 Å². The van der Waals surface area contributed by atoms with E-state index in [-0.39, 0.29) is 18.2 Å². The van der Waals surface area contributed by atoms with Crippen LogP contribution in [0.5, 0.6) is 0 Å². The van der Waals surface area contributed by atoms with Crippen LogP contribution >= 0.6 is 0 Å². The minimum absolute atomic E-state index is 0.0270. The third-order valence-corrected chi connectivity index (χ3v) is 3.98. The molecule has 0 aliphatic carbocycles. The lowest BCUT2D eigenvalue weighted by molar-refractivity contribution is -0.0530. The summed E-state index contributed by atoms with van der Waals surface area (Å²) in [6.45, 7) is 13.3. The predicted molar refractivity (Wildman–Crippen MR) is 69.6 cm³/mol. The van der Waals surface area contributed by atoms with Crippen molar-refractivity contribution in [3.05, 3.63) is 0 Å². The van der Waals surface area contributed by atoms with Gasteiger partial charge in [0.15, 0.2) is 0 Å². The first-order valence-corrected chi connectivity index (χ1v) is 7.19. The quantitative estimate of drug-likeness (QED) is 0.787. The Hall–Kier alpha value is -0.170. The summed E-state index contributed by atoms with van der Waals surface area (Å²) in [5.74, 6) is 0. The molecule has 1 atom stereocenters. The Morgan fingerprint density at radius 1 is 1.18 bits per heavy atom. The van der Waals surface area contributed by atoms with Gasteiger partial charge in [0.1, 0.15) is 6.73 Å². The van der Waals surface area contributed by atoms with Gasteiger partial charge in [-0.1, -0.05) is 20.8 Å². The highest BCUT2D eigenvalue weighted by molar-refractivity contribution is 7.86. The molecule has 1 unspecified atom stereocenters. The lowest BCUT2D eigenvalue weighted by Gasteiger charge is -2.35. The van der Waals surface area contributed by atoms with Crippen LogP contribution in [0.1, 0.15) is 48.5 Å². The summed E-state index contributed by atoms with van der Waals surface area (Å²) < 4.78 is 29.7. The van der Waals surface area contributed by atoms with E-state index < -0.39 is 15.7 Å². The second kappa shape index (κ2) is 5.22. The smallest absolute Gasteiger partial charge is 0.279 e. The summed E-state index contributed by atoms with van der Waals surface area (Å²) in [5, 5.41) is 5.18. The fourth-order valence-corrected chi connectivity index (χ4v) is 2.05.